The summed E-state index contributed by atoms with van der Waals surface area (Å²) in [6.45, 7) is 1.77. The van der Waals surface area contributed by atoms with E-state index >= 15 is 0 Å². The van der Waals surface area contributed by atoms with Crippen LogP contribution in [0.2, 0.25) is 5.02 Å². The maximum atomic E-state index is 13.1. The van der Waals surface area contributed by atoms with E-state index in [4.69, 9.17) is 11.6 Å². The standard InChI is InChI=1S/C7H4BrClFI/c1-3-2-4(8)7(11)6(10)5(3)9/h2H,1H3. The van der Waals surface area contributed by atoms with Gasteiger partial charge in [-0.15, -0.1) is 0 Å². The average molecular weight is 349 g/mol. The fourth-order valence-electron chi connectivity index (χ4n) is 0.691. The molecule has 11 heavy (non-hydrogen) atoms. The van der Waals surface area contributed by atoms with Gasteiger partial charge in [0.25, 0.3) is 0 Å². The summed E-state index contributed by atoms with van der Waals surface area (Å²) < 4.78 is 14.4. The SMILES string of the molecule is Cc1cc(Br)c(I)c(F)c1Cl. The highest BCUT2D eigenvalue weighted by Crippen LogP contribution is 2.29. The highest BCUT2D eigenvalue weighted by atomic mass is 127. The second kappa shape index (κ2) is 3.58. The van der Waals surface area contributed by atoms with E-state index in [9.17, 15) is 4.39 Å². The Morgan fingerprint density at radius 2 is 2.18 bits per heavy atom. The van der Waals surface area contributed by atoms with E-state index in [1.54, 1.807) is 13.0 Å². The highest BCUT2D eigenvalue weighted by molar-refractivity contribution is 14.1. The average Bonchev–Trinajstić information content (AvgIpc) is 1.97. The van der Waals surface area contributed by atoms with Crippen LogP contribution in [0.3, 0.4) is 0 Å². The summed E-state index contributed by atoms with van der Waals surface area (Å²) in [6, 6.07) is 1.80. The number of aryl methyl sites for hydroxylation is 1. The summed E-state index contributed by atoms with van der Waals surface area (Å²) >= 11 is 10.8. The van der Waals surface area contributed by atoms with Crippen LogP contribution in [0.1, 0.15) is 5.56 Å². The number of rotatable bonds is 0. The van der Waals surface area contributed by atoms with Gasteiger partial charge in [-0.3, -0.25) is 0 Å². The molecule has 1 rings (SSSR count). The topological polar surface area (TPSA) is 0 Å². The number of hydrogen-bond acceptors (Lipinski definition) is 0. The molecule has 60 valence electrons. The Labute approximate surface area is 91.4 Å². The van der Waals surface area contributed by atoms with Gasteiger partial charge in [0.2, 0.25) is 0 Å². The molecule has 0 aliphatic heterocycles. The van der Waals surface area contributed by atoms with Crippen molar-refractivity contribution in [3.63, 3.8) is 0 Å². The molecule has 0 heterocycles. The molecule has 4 heteroatoms. The lowest BCUT2D eigenvalue weighted by molar-refractivity contribution is 0.618. The molecule has 0 aliphatic carbocycles. The molecule has 0 N–H and O–H groups in total. The molecule has 0 nitrogen and oxygen atoms in total. The second-order valence-corrected chi connectivity index (χ2v) is 4.43. The maximum Gasteiger partial charge on any atom is 0.156 e. The first kappa shape index (κ1) is 9.74. The van der Waals surface area contributed by atoms with Gasteiger partial charge in [0.15, 0.2) is 5.82 Å². The van der Waals surface area contributed by atoms with Crippen LogP contribution >= 0.6 is 50.1 Å². The molecule has 0 saturated heterocycles. The van der Waals surface area contributed by atoms with Crippen molar-refractivity contribution in [1.29, 1.82) is 0 Å². The van der Waals surface area contributed by atoms with E-state index in [0.717, 1.165) is 10.0 Å². The Morgan fingerprint density at radius 1 is 1.64 bits per heavy atom. The molecule has 0 bridgehead atoms. The van der Waals surface area contributed by atoms with Crippen LogP contribution in [-0.2, 0) is 0 Å². The number of hydrogen-bond donors (Lipinski definition) is 0. The third kappa shape index (κ3) is 1.87. The van der Waals surface area contributed by atoms with Gasteiger partial charge in [-0.2, -0.15) is 0 Å². The Hall–Kier alpha value is 0.650. The van der Waals surface area contributed by atoms with Gasteiger partial charge < -0.3 is 0 Å². The van der Waals surface area contributed by atoms with Crippen molar-refractivity contribution in [1.82, 2.24) is 0 Å². The third-order valence-corrected chi connectivity index (χ3v) is 4.17. The zero-order valence-corrected chi connectivity index (χ0v) is 10.1. The second-order valence-electron chi connectivity index (χ2n) is 2.12. The summed E-state index contributed by atoms with van der Waals surface area (Å²) in [7, 11) is 0. The molecule has 0 aliphatic rings. The Kier molecular flexibility index (Phi) is 3.17. The fraction of sp³-hybridized carbons (Fsp3) is 0.143. The van der Waals surface area contributed by atoms with Gasteiger partial charge in [0, 0.05) is 4.47 Å². The molecule has 0 unspecified atom stereocenters. The molecule has 1 aromatic rings. The molecule has 0 fully saturated rings. The molecule has 0 aromatic heterocycles. The summed E-state index contributed by atoms with van der Waals surface area (Å²) in [5, 5.41) is 0.206. The molecular formula is C7H4BrClFI. The van der Waals surface area contributed by atoms with Crippen molar-refractivity contribution in [3.05, 3.63) is 30.5 Å². The van der Waals surface area contributed by atoms with Crippen LogP contribution < -0.4 is 0 Å². The van der Waals surface area contributed by atoms with Crippen LogP contribution in [0.4, 0.5) is 4.39 Å². The van der Waals surface area contributed by atoms with Gasteiger partial charge in [-0.05, 0) is 57.1 Å². The first-order chi connectivity index (χ1) is 5.04. The van der Waals surface area contributed by atoms with Crippen molar-refractivity contribution in [2.75, 3.05) is 0 Å². The summed E-state index contributed by atoms with van der Waals surface area (Å²) in [5.41, 5.74) is 0.747. The van der Waals surface area contributed by atoms with Crippen LogP contribution in [0.25, 0.3) is 0 Å². The Balaban J connectivity index is 3.46. The third-order valence-electron chi connectivity index (χ3n) is 1.28. The minimum Gasteiger partial charge on any atom is -0.204 e. The molecular weight excluding hydrogens is 345 g/mol. The molecule has 0 spiro atoms. The van der Waals surface area contributed by atoms with E-state index in [1.165, 1.54) is 0 Å². The molecule has 0 saturated carbocycles. The van der Waals surface area contributed by atoms with Crippen LogP contribution in [0.15, 0.2) is 10.5 Å². The molecule has 0 atom stereocenters. The van der Waals surface area contributed by atoms with E-state index < -0.39 is 0 Å². The van der Waals surface area contributed by atoms with Gasteiger partial charge in [0.05, 0.1) is 8.59 Å². The summed E-state index contributed by atoms with van der Waals surface area (Å²) in [4.78, 5) is 0. The van der Waals surface area contributed by atoms with E-state index in [-0.39, 0.29) is 10.8 Å². The lowest BCUT2D eigenvalue weighted by Crippen LogP contribution is -1.88. The Bertz CT molecular complexity index is 275. The predicted molar refractivity (Wildman–Crippen MR) is 56.6 cm³/mol. The highest BCUT2D eigenvalue weighted by Gasteiger charge is 2.10. The van der Waals surface area contributed by atoms with Crippen molar-refractivity contribution in [2.45, 2.75) is 6.92 Å². The monoisotopic (exact) mass is 348 g/mol. The normalized spacial score (nSPS) is 10.3. The van der Waals surface area contributed by atoms with Gasteiger partial charge in [-0.25, -0.2) is 4.39 Å². The first-order valence-corrected chi connectivity index (χ1v) is 5.08. The Morgan fingerprint density at radius 3 is 2.73 bits per heavy atom. The molecule has 1 aromatic carbocycles. The number of benzene rings is 1. The predicted octanol–water partition coefficient (Wildman–Crippen LogP) is 4.15. The fourth-order valence-corrected chi connectivity index (χ4v) is 1.94. The lowest BCUT2D eigenvalue weighted by atomic mass is 10.2. The summed E-state index contributed by atoms with van der Waals surface area (Å²) in [5.74, 6) is -0.348. The zero-order chi connectivity index (χ0) is 8.59. The quantitative estimate of drug-likeness (QED) is 0.375. The first-order valence-electron chi connectivity index (χ1n) is 2.83. The smallest absolute Gasteiger partial charge is 0.156 e. The van der Waals surface area contributed by atoms with Crippen LogP contribution in [-0.4, -0.2) is 0 Å². The van der Waals surface area contributed by atoms with Crippen LogP contribution in [0, 0.1) is 16.3 Å². The minimum atomic E-state index is -0.348. The van der Waals surface area contributed by atoms with E-state index in [0.29, 0.717) is 3.57 Å². The maximum absolute atomic E-state index is 13.1. The lowest BCUT2D eigenvalue weighted by Gasteiger charge is -2.03. The summed E-state index contributed by atoms with van der Waals surface area (Å²) in [6.07, 6.45) is 0. The van der Waals surface area contributed by atoms with Gasteiger partial charge in [-0.1, -0.05) is 11.6 Å². The van der Waals surface area contributed by atoms with Crippen molar-refractivity contribution >= 4 is 50.1 Å². The largest absolute Gasteiger partial charge is 0.204 e. The molecule has 0 radical (unpaired) electrons. The van der Waals surface area contributed by atoms with Gasteiger partial charge >= 0.3 is 0 Å². The van der Waals surface area contributed by atoms with E-state index in [1.807, 2.05) is 22.6 Å². The van der Waals surface area contributed by atoms with Crippen molar-refractivity contribution < 1.29 is 4.39 Å². The van der Waals surface area contributed by atoms with Crippen molar-refractivity contribution in [3.8, 4) is 0 Å². The zero-order valence-electron chi connectivity index (χ0n) is 5.59. The van der Waals surface area contributed by atoms with Crippen molar-refractivity contribution in [2.24, 2.45) is 0 Å². The number of halogens is 4. The minimum absolute atomic E-state index is 0.206. The molecule has 0 amide bonds. The van der Waals surface area contributed by atoms with Gasteiger partial charge in [0.1, 0.15) is 0 Å². The van der Waals surface area contributed by atoms with Crippen LogP contribution in [0.5, 0.6) is 0 Å². The van der Waals surface area contributed by atoms with E-state index in [2.05, 4.69) is 15.9 Å².